The Kier molecular flexibility index (Phi) is 5.26. The van der Waals surface area contributed by atoms with E-state index in [1.807, 2.05) is 42.5 Å². The van der Waals surface area contributed by atoms with Crippen LogP contribution in [0.25, 0.3) is 0 Å². The smallest absolute Gasteiger partial charge is 0.220 e. The molecule has 1 atom stereocenters. The molecule has 0 aliphatic rings. The highest BCUT2D eigenvalue weighted by Crippen LogP contribution is 2.12. The van der Waals surface area contributed by atoms with Crippen molar-refractivity contribution >= 4 is 5.91 Å². The van der Waals surface area contributed by atoms with Crippen LogP contribution in [0.5, 0.6) is 0 Å². The van der Waals surface area contributed by atoms with E-state index in [2.05, 4.69) is 10.3 Å². The molecule has 0 aliphatic heterocycles. The van der Waals surface area contributed by atoms with Crippen LogP contribution in [-0.2, 0) is 11.2 Å². The maximum absolute atomic E-state index is 11.9. The van der Waals surface area contributed by atoms with Gasteiger partial charge in [0.05, 0.1) is 12.6 Å². The molecule has 0 radical (unpaired) electrons. The molecule has 4 nitrogen and oxygen atoms in total. The molecule has 1 aromatic heterocycles. The summed E-state index contributed by atoms with van der Waals surface area (Å²) in [6, 6.07) is 12.9. The van der Waals surface area contributed by atoms with Gasteiger partial charge in [0.1, 0.15) is 0 Å². The number of aliphatic hydroxyl groups is 1. The molecule has 4 heteroatoms. The molecule has 1 aromatic carbocycles. The molecular formula is C16H18N2O2. The lowest BCUT2D eigenvalue weighted by atomic mass is 10.1. The topological polar surface area (TPSA) is 62.2 Å². The number of aryl methyl sites for hydroxylation is 1. The zero-order valence-corrected chi connectivity index (χ0v) is 11.2. The summed E-state index contributed by atoms with van der Waals surface area (Å²) in [6.07, 6.45) is 4.50. The van der Waals surface area contributed by atoms with E-state index in [1.54, 1.807) is 12.4 Å². The fraction of sp³-hybridized carbons (Fsp3) is 0.250. The van der Waals surface area contributed by atoms with Gasteiger partial charge in [-0.2, -0.15) is 0 Å². The molecule has 0 spiro atoms. The first-order valence-corrected chi connectivity index (χ1v) is 6.63. The number of nitrogens with one attached hydrogen (secondary N) is 1. The molecule has 2 aromatic rings. The predicted molar refractivity (Wildman–Crippen MR) is 77.0 cm³/mol. The van der Waals surface area contributed by atoms with Crippen LogP contribution in [0.15, 0.2) is 54.9 Å². The Balaban J connectivity index is 1.87. The van der Waals surface area contributed by atoms with E-state index in [0.29, 0.717) is 12.8 Å². The van der Waals surface area contributed by atoms with Crippen LogP contribution in [0.2, 0.25) is 0 Å². The molecule has 1 heterocycles. The number of amides is 1. The molecule has 1 amide bonds. The van der Waals surface area contributed by atoms with E-state index in [1.165, 1.54) is 0 Å². The summed E-state index contributed by atoms with van der Waals surface area (Å²) in [5.74, 6) is -0.0651. The van der Waals surface area contributed by atoms with Crippen molar-refractivity contribution in [1.82, 2.24) is 10.3 Å². The van der Waals surface area contributed by atoms with Gasteiger partial charge >= 0.3 is 0 Å². The van der Waals surface area contributed by atoms with Crippen molar-refractivity contribution in [1.29, 1.82) is 0 Å². The minimum Gasteiger partial charge on any atom is -0.394 e. The van der Waals surface area contributed by atoms with Crippen LogP contribution < -0.4 is 5.32 Å². The van der Waals surface area contributed by atoms with Crippen molar-refractivity contribution in [3.8, 4) is 0 Å². The second kappa shape index (κ2) is 7.40. The number of hydrogen-bond acceptors (Lipinski definition) is 3. The van der Waals surface area contributed by atoms with Gasteiger partial charge < -0.3 is 10.4 Å². The van der Waals surface area contributed by atoms with Gasteiger partial charge in [-0.15, -0.1) is 0 Å². The quantitative estimate of drug-likeness (QED) is 0.842. The number of aromatic nitrogens is 1. The van der Waals surface area contributed by atoms with Crippen molar-refractivity contribution in [2.24, 2.45) is 0 Å². The maximum atomic E-state index is 11.9. The highest BCUT2D eigenvalue weighted by Gasteiger charge is 2.12. The van der Waals surface area contributed by atoms with Gasteiger partial charge in [0.2, 0.25) is 5.91 Å². The Morgan fingerprint density at radius 1 is 1.15 bits per heavy atom. The second-order valence-electron chi connectivity index (χ2n) is 4.57. The van der Waals surface area contributed by atoms with Crippen molar-refractivity contribution in [2.75, 3.05) is 6.61 Å². The molecule has 20 heavy (non-hydrogen) atoms. The van der Waals surface area contributed by atoms with Crippen LogP contribution in [0.4, 0.5) is 0 Å². The number of benzene rings is 1. The Morgan fingerprint density at radius 3 is 2.50 bits per heavy atom. The molecule has 2 rings (SSSR count). The van der Waals surface area contributed by atoms with Gasteiger partial charge in [-0.25, -0.2) is 0 Å². The highest BCUT2D eigenvalue weighted by molar-refractivity contribution is 5.76. The fourth-order valence-corrected chi connectivity index (χ4v) is 1.99. The van der Waals surface area contributed by atoms with Crippen molar-refractivity contribution in [2.45, 2.75) is 18.9 Å². The van der Waals surface area contributed by atoms with Crippen LogP contribution in [-0.4, -0.2) is 22.6 Å². The minimum absolute atomic E-state index is 0.0651. The molecular weight excluding hydrogens is 252 g/mol. The molecule has 104 valence electrons. The van der Waals surface area contributed by atoms with E-state index in [-0.39, 0.29) is 18.6 Å². The van der Waals surface area contributed by atoms with Gasteiger partial charge in [0.25, 0.3) is 0 Å². The maximum Gasteiger partial charge on any atom is 0.220 e. The van der Waals surface area contributed by atoms with E-state index in [0.717, 1.165) is 11.1 Å². The normalized spacial score (nSPS) is 11.8. The summed E-state index contributed by atoms with van der Waals surface area (Å²) in [7, 11) is 0. The lowest BCUT2D eigenvalue weighted by Gasteiger charge is -2.16. The van der Waals surface area contributed by atoms with Crippen molar-refractivity contribution < 1.29 is 9.90 Å². The molecule has 0 saturated carbocycles. The van der Waals surface area contributed by atoms with Crippen LogP contribution in [0.1, 0.15) is 23.6 Å². The Bertz CT molecular complexity index is 529. The summed E-state index contributed by atoms with van der Waals surface area (Å²) in [6.45, 7) is -0.106. The third kappa shape index (κ3) is 4.17. The van der Waals surface area contributed by atoms with Gasteiger partial charge in [0, 0.05) is 18.8 Å². The summed E-state index contributed by atoms with van der Waals surface area (Å²) in [4.78, 5) is 15.9. The lowest BCUT2D eigenvalue weighted by Crippen LogP contribution is -2.30. The molecule has 0 bridgehead atoms. The third-order valence-corrected chi connectivity index (χ3v) is 3.11. The number of pyridine rings is 1. The van der Waals surface area contributed by atoms with Gasteiger partial charge in [-0.3, -0.25) is 9.78 Å². The Morgan fingerprint density at radius 2 is 1.85 bits per heavy atom. The molecule has 0 aliphatic carbocycles. The zero-order valence-electron chi connectivity index (χ0n) is 11.2. The Labute approximate surface area is 118 Å². The number of hydrogen-bond donors (Lipinski definition) is 2. The average Bonchev–Trinajstić information content (AvgIpc) is 2.52. The summed E-state index contributed by atoms with van der Waals surface area (Å²) < 4.78 is 0. The van der Waals surface area contributed by atoms with Gasteiger partial charge in [-0.1, -0.05) is 30.3 Å². The first kappa shape index (κ1) is 14.2. The van der Waals surface area contributed by atoms with Gasteiger partial charge in [-0.05, 0) is 29.7 Å². The van der Waals surface area contributed by atoms with E-state index in [4.69, 9.17) is 0 Å². The summed E-state index contributed by atoms with van der Waals surface area (Å²) in [5.41, 5.74) is 1.99. The number of nitrogens with zero attached hydrogens (tertiary/aromatic N) is 1. The first-order chi connectivity index (χ1) is 9.79. The minimum atomic E-state index is -0.346. The number of rotatable bonds is 6. The molecule has 2 N–H and O–H groups in total. The Hall–Kier alpha value is -2.20. The zero-order chi connectivity index (χ0) is 14.2. The lowest BCUT2D eigenvalue weighted by molar-refractivity contribution is -0.122. The average molecular weight is 270 g/mol. The SMILES string of the molecule is O=C(CCc1ccncc1)N[C@@H](CO)c1ccccc1. The van der Waals surface area contributed by atoms with Crippen molar-refractivity contribution in [3.63, 3.8) is 0 Å². The molecule has 0 fully saturated rings. The summed E-state index contributed by atoms with van der Waals surface area (Å²) >= 11 is 0. The third-order valence-electron chi connectivity index (χ3n) is 3.11. The number of carbonyl (C=O) groups excluding carboxylic acids is 1. The van der Waals surface area contributed by atoms with Crippen LogP contribution in [0, 0.1) is 0 Å². The fourth-order valence-electron chi connectivity index (χ4n) is 1.99. The largest absolute Gasteiger partial charge is 0.394 e. The predicted octanol–water partition coefficient (Wildman–Crippen LogP) is 1.86. The first-order valence-electron chi connectivity index (χ1n) is 6.63. The van der Waals surface area contributed by atoms with E-state index < -0.39 is 0 Å². The number of carbonyl (C=O) groups is 1. The second-order valence-corrected chi connectivity index (χ2v) is 4.57. The van der Waals surface area contributed by atoms with E-state index >= 15 is 0 Å². The van der Waals surface area contributed by atoms with Crippen molar-refractivity contribution in [3.05, 3.63) is 66.0 Å². The highest BCUT2D eigenvalue weighted by atomic mass is 16.3. The number of aliphatic hydroxyl groups excluding tert-OH is 1. The van der Waals surface area contributed by atoms with Crippen LogP contribution in [0.3, 0.4) is 0 Å². The van der Waals surface area contributed by atoms with E-state index in [9.17, 15) is 9.90 Å². The molecule has 0 unspecified atom stereocenters. The standard InChI is InChI=1S/C16H18N2O2/c19-12-15(14-4-2-1-3-5-14)18-16(20)7-6-13-8-10-17-11-9-13/h1-5,8-11,15,19H,6-7,12H2,(H,18,20)/t15-/m0/s1. The summed E-state index contributed by atoms with van der Waals surface area (Å²) in [5, 5.41) is 12.2. The monoisotopic (exact) mass is 270 g/mol. The molecule has 0 saturated heterocycles. The van der Waals surface area contributed by atoms with Crippen LogP contribution >= 0.6 is 0 Å². The van der Waals surface area contributed by atoms with Gasteiger partial charge in [0.15, 0.2) is 0 Å².